The minimum Gasteiger partial charge on any atom is -0.236 e. The molecule has 2 nitrogen and oxygen atoms in total. The Morgan fingerprint density at radius 1 is 1.25 bits per heavy atom. The van der Waals surface area contributed by atoms with Gasteiger partial charge >= 0.3 is 0 Å². The minimum atomic E-state index is 0.384. The highest BCUT2D eigenvalue weighted by molar-refractivity contribution is 14.1. The van der Waals surface area contributed by atoms with Crippen molar-refractivity contribution in [2.45, 2.75) is 44.6 Å². The van der Waals surface area contributed by atoms with Gasteiger partial charge in [0.25, 0.3) is 0 Å². The summed E-state index contributed by atoms with van der Waals surface area (Å²) >= 11 is 10.2. The van der Waals surface area contributed by atoms with E-state index >= 15 is 0 Å². The standard InChI is InChI=1S/C11H16ClIN2S/c1-6(2)10-9(13)11(12)15-8(14-10)5-16-7(3)4/h6-7H,5H2,1-4H3. The number of halogens is 2. The van der Waals surface area contributed by atoms with Gasteiger partial charge in [-0.15, -0.1) is 0 Å². The molecule has 0 unspecified atom stereocenters. The first-order valence-corrected chi connectivity index (χ1v) is 7.75. The van der Waals surface area contributed by atoms with Crippen LogP contribution < -0.4 is 0 Å². The lowest BCUT2D eigenvalue weighted by molar-refractivity contribution is 0.790. The molecule has 1 heterocycles. The van der Waals surface area contributed by atoms with Crippen LogP contribution in [0, 0.1) is 3.57 Å². The van der Waals surface area contributed by atoms with Crippen LogP contribution >= 0.6 is 46.0 Å². The average Bonchev–Trinajstić information content (AvgIpc) is 2.19. The smallest absolute Gasteiger partial charge is 0.146 e. The molecule has 0 aromatic carbocycles. The molecule has 0 aliphatic rings. The molecule has 0 aliphatic carbocycles. The van der Waals surface area contributed by atoms with Crippen LogP contribution in [0.4, 0.5) is 0 Å². The van der Waals surface area contributed by atoms with Gasteiger partial charge in [0.05, 0.1) is 15.0 Å². The Kier molecular flexibility index (Phi) is 5.81. The fourth-order valence-corrected chi connectivity index (χ4v) is 2.84. The lowest BCUT2D eigenvalue weighted by atomic mass is 10.1. The average molecular weight is 371 g/mol. The number of thioether (sulfide) groups is 1. The van der Waals surface area contributed by atoms with Gasteiger partial charge in [0, 0.05) is 0 Å². The van der Waals surface area contributed by atoms with Gasteiger partial charge in [0.1, 0.15) is 11.0 Å². The Morgan fingerprint density at radius 2 is 1.88 bits per heavy atom. The number of rotatable bonds is 4. The number of nitrogens with zero attached hydrogens (tertiary/aromatic N) is 2. The van der Waals surface area contributed by atoms with Crippen LogP contribution in [0.1, 0.15) is 45.1 Å². The van der Waals surface area contributed by atoms with E-state index in [9.17, 15) is 0 Å². The second-order valence-corrected chi connectivity index (χ2v) is 7.15. The van der Waals surface area contributed by atoms with Crippen molar-refractivity contribution in [1.29, 1.82) is 0 Å². The summed E-state index contributed by atoms with van der Waals surface area (Å²) in [5.74, 6) is 2.05. The first-order chi connectivity index (χ1) is 7.41. The van der Waals surface area contributed by atoms with E-state index in [1.54, 1.807) is 0 Å². The van der Waals surface area contributed by atoms with Gasteiger partial charge in [-0.05, 0) is 33.8 Å². The van der Waals surface area contributed by atoms with Gasteiger partial charge in [0.2, 0.25) is 0 Å². The van der Waals surface area contributed by atoms with Crippen molar-refractivity contribution in [1.82, 2.24) is 9.97 Å². The van der Waals surface area contributed by atoms with E-state index < -0.39 is 0 Å². The van der Waals surface area contributed by atoms with Crippen LogP contribution in [0.25, 0.3) is 0 Å². The summed E-state index contributed by atoms with van der Waals surface area (Å²) in [6, 6.07) is 0. The Bertz CT molecular complexity index is 369. The van der Waals surface area contributed by atoms with Crippen molar-refractivity contribution < 1.29 is 0 Å². The largest absolute Gasteiger partial charge is 0.236 e. The molecule has 0 amide bonds. The quantitative estimate of drug-likeness (QED) is 0.576. The number of hydrogen-bond acceptors (Lipinski definition) is 3. The molecule has 5 heteroatoms. The third-order valence-corrected chi connectivity index (χ3v) is 4.72. The highest BCUT2D eigenvalue weighted by Crippen LogP contribution is 2.26. The molecule has 0 fully saturated rings. The van der Waals surface area contributed by atoms with Gasteiger partial charge in [-0.2, -0.15) is 11.8 Å². The number of hydrogen-bond donors (Lipinski definition) is 0. The Balaban J connectivity index is 2.95. The van der Waals surface area contributed by atoms with Crippen LogP contribution in [-0.2, 0) is 5.75 Å². The summed E-state index contributed by atoms with van der Waals surface area (Å²) in [5.41, 5.74) is 1.06. The molecule has 0 N–H and O–H groups in total. The van der Waals surface area contributed by atoms with E-state index in [1.165, 1.54) is 0 Å². The summed E-state index contributed by atoms with van der Waals surface area (Å²) < 4.78 is 0.979. The molecule has 0 bridgehead atoms. The summed E-state index contributed by atoms with van der Waals surface area (Å²) in [7, 11) is 0. The molecule has 1 aromatic rings. The molecule has 1 rings (SSSR count). The van der Waals surface area contributed by atoms with Gasteiger partial charge in [-0.3, -0.25) is 0 Å². The normalized spacial score (nSPS) is 11.5. The molecular formula is C11H16ClIN2S. The third-order valence-electron chi connectivity index (χ3n) is 1.98. The molecule has 0 radical (unpaired) electrons. The second-order valence-electron chi connectivity index (χ2n) is 4.14. The highest BCUT2D eigenvalue weighted by Gasteiger charge is 2.13. The maximum Gasteiger partial charge on any atom is 0.146 e. The fourth-order valence-electron chi connectivity index (χ4n) is 1.17. The van der Waals surface area contributed by atoms with Crippen LogP contribution in [0.3, 0.4) is 0 Å². The lowest BCUT2D eigenvalue weighted by Gasteiger charge is -2.11. The first kappa shape index (κ1) is 14.5. The van der Waals surface area contributed by atoms with Gasteiger partial charge in [-0.25, -0.2) is 9.97 Å². The summed E-state index contributed by atoms with van der Waals surface area (Å²) in [5, 5.41) is 1.17. The van der Waals surface area contributed by atoms with Crippen molar-refractivity contribution in [3.05, 3.63) is 20.2 Å². The summed E-state index contributed by atoms with van der Waals surface area (Å²) in [4.78, 5) is 8.89. The van der Waals surface area contributed by atoms with E-state index in [2.05, 4.69) is 60.3 Å². The molecule has 16 heavy (non-hydrogen) atoms. The van der Waals surface area contributed by atoms with Crippen LogP contribution in [-0.4, -0.2) is 15.2 Å². The van der Waals surface area contributed by atoms with Gasteiger partial charge < -0.3 is 0 Å². The molecule has 0 saturated heterocycles. The second kappa shape index (κ2) is 6.40. The molecule has 0 atom stereocenters. The third kappa shape index (κ3) is 4.04. The van der Waals surface area contributed by atoms with Crippen molar-refractivity contribution in [2.75, 3.05) is 0 Å². The Morgan fingerprint density at radius 3 is 2.38 bits per heavy atom. The monoisotopic (exact) mass is 370 g/mol. The molecule has 0 saturated carbocycles. The molecule has 90 valence electrons. The van der Waals surface area contributed by atoms with E-state index in [-0.39, 0.29) is 0 Å². The van der Waals surface area contributed by atoms with E-state index in [0.717, 1.165) is 20.8 Å². The molecular weight excluding hydrogens is 355 g/mol. The van der Waals surface area contributed by atoms with E-state index in [4.69, 9.17) is 11.6 Å². The van der Waals surface area contributed by atoms with Gasteiger partial charge in [0.15, 0.2) is 0 Å². The zero-order valence-corrected chi connectivity index (χ0v) is 13.7. The van der Waals surface area contributed by atoms with Crippen LogP contribution in [0.5, 0.6) is 0 Å². The molecule has 0 aliphatic heterocycles. The van der Waals surface area contributed by atoms with Crippen LogP contribution in [0.2, 0.25) is 5.15 Å². The van der Waals surface area contributed by atoms with Crippen molar-refractivity contribution in [2.24, 2.45) is 0 Å². The van der Waals surface area contributed by atoms with E-state index in [0.29, 0.717) is 16.3 Å². The minimum absolute atomic E-state index is 0.384. The summed E-state index contributed by atoms with van der Waals surface area (Å²) in [6.45, 7) is 8.59. The van der Waals surface area contributed by atoms with Crippen LogP contribution in [0.15, 0.2) is 0 Å². The number of aromatic nitrogens is 2. The molecule has 0 spiro atoms. The van der Waals surface area contributed by atoms with Gasteiger partial charge in [-0.1, -0.05) is 39.3 Å². The predicted octanol–water partition coefficient (Wildman–Crippen LogP) is 4.50. The topological polar surface area (TPSA) is 25.8 Å². The Hall–Kier alpha value is 0.450. The van der Waals surface area contributed by atoms with E-state index in [1.807, 2.05) is 11.8 Å². The lowest BCUT2D eigenvalue weighted by Crippen LogP contribution is -2.05. The van der Waals surface area contributed by atoms with Crippen molar-refractivity contribution in [3.63, 3.8) is 0 Å². The maximum absolute atomic E-state index is 6.11. The van der Waals surface area contributed by atoms with Crippen molar-refractivity contribution in [3.8, 4) is 0 Å². The SMILES string of the molecule is CC(C)SCc1nc(Cl)c(I)c(C(C)C)n1. The predicted molar refractivity (Wildman–Crippen MR) is 80.3 cm³/mol. The van der Waals surface area contributed by atoms with Crippen molar-refractivity contribution >= 4 is 46.0 Å². The Labute approximate surface area is 120 Å². The molecule has 1 aromatic heterocycles. The maximum atomic E-state index is 6.11. The summed E-state index contributed by atoms with van der Waals surface area (Å²) in [6.07, 6.45) is 0. The highest BCUT2D eigenvalue weighted by atomic mass is 127. The zero-order valence-electron chi connectivity index (χ0n) is 9.92. The first-order valence-electron chi connectivity index (χ1n) is 5.25. The zero-order chi connectivity index (χ0) is 12.3. The fraction of sp³-hybridized carbons (Fsp3) is 0.636.